The second kappa shape index (κ2) is 5.20. The van der Waals surface area contributed by atoms with Gasteiger partial charge in [-0.05, 0) is 60.4 Å². The van der Waals surface area contributed by atoms with Gasteiger partial charge in [-0.25, -0.2) is 4.68 Å². The fourth-order valence-corrected chi connectivity index (χ4v) is 2.99. The maximum atomic E-state index is 5.81. The van der Waals surface area contributed by atoms with Crippen LogP contribution in [0.15, 0.2) is 18.2 Å². The van der Waals surface area contributed by atoms with Crippen LogP contribution in [-0.2, 0) is 4.74 Å². The molecule has 1 aromatic heterocycles. The van der Waals surface area contributed by atoms with Gasteiger partial charge in [-0.2, -0.15) is 0 Å². The van der Waals surface area contributed by atoms with Gasteiger partial charge in [0, 0.05) is 18.4 Å². The average Bonchev–Trinajstić information content (AvgIpc) is 3.06. The number of anilines is 1. The molecule has 1 heterocycles. The zero-order chi connectivity index (χ0) is 14.1. The van der Waals surface area contributed by atoms with Gasteiger partial charge < -0.3 is 10.5 Å². The van der Waals surface area contributed by atoms with Gasteiger partial charge in [-0.15, -0.1) is 5.10 Å². The van der Waals surface area contributed by atoms with E-state index in [9.17, 15) is 0 Å². The molecule has 1 aliphatic carbocycles. The second-order valence-corrected chi connectivity index (χ2v) is 5.29. The first kappa shape index (κ1) is 13.1. The first-order chi connectivity index (χ1) is 9.70. The molecule has 2 aromatic rings. The van der Waals surface area contributed by atoms with Crippen LogP contribution in [-0.4, -0.2) is 33.4 Å². The number of nitrogen functional groups attached to an aromatic ring is 1. The average molecular weight is 273 g/mol. The van der Waals surface area contributed by atoms with Crippen LogP contribution in [0.2, 0.25) is 0 Å². The second-order valence-electron chi connectivity index (χ2n) is 5.29. The van der Waals surface area contributed by atoms with Gasteiger partial charge in [0.1, 0.15) is 0 Å². The van der Waals surface area contributed by atoms with Crippen molar-refractivity contribution in [1.29, 1.82) is 0 Å². The minimum atomic E-state index is 0.186. The van der Waals surface area contributed by atoms with Crippen LogP contribution in [0, 0.1) is 6.92 Å². The van der Waals surface area contributed by atoms with Crippen molar-refractivity contribution in [2.75, 3.05) is 12.8 Å². The van der Waals surface area contributed by atoms with Crippen molar-refractivity contribution in [3.05, 3.63) is 23.8 Å². The molecule has 1 fully saturated rings. The minimum absolute atomic E-state index is 0.186. The molecule has 6 heteroatoms. The van der Waals surface area contributed by atoms with Crippen molar-refractivity contribution in [2.24, 2.45) is 0 Å². The summed E-state index contributed by atoms with van der Waals surface area (Å²) in [6.45, 7) is 2.02. The molecule has 0 radical (unpaired) electrons. The Hall–Kier alpha value is -1.95. The van der Waals surface area contributed by atoms with Crippen molar-refractivity contribution in [2.45, 2.75) is 38.3 Å². The standard InChI is InChI=1S/C14H19N5O/c1-9-8-10(15)6-7-11(9)14-16-17-18-19(14)12-4-3-5-13(12)20-2/h6-8,12-13H,3-5,15H2,1-2H3. The van der Waals surface area contributed by atoms with Crippen LogP contribution >= 0.6 is 0 Å². The Morgan fingerprint density at radius 3 is 2.95 bits per heavy atom. The number of rotatable bonds is 3. The molecule has 2 unspecified atom stereocenters. The summed E-state index contributed by atoms with van der Waals surface area (Å²) in [5.41, 5.74) is 8.65. The number of tetrazole rings is 1. The summed E-state index contributed by atoms with van der Waals surface area (Å²) < 4.78 is 7.45. The maximum Gasteiger partial charge on any atom is 0.182 e. The lowest BCUT2D eigenvalue weighted by Crippen LogP contribution is -2.22. The van der Waals surface area contributed by atoms with Gasteiger partial charge in [0.15, 0.2) is 5.82 Å². The number of nitrogens with two attached hydrogens (primary N) is 1. The van der Waals surface area contributed by atoms with E-state index in [0.29, 0.717) is 0 Å². The Kier molecular flexibility index (Phi) is 3.40. The van der Waals surface area contributed by atoms with E-state index in [-0.39, 0.29) is 12.1 Å². The number of ether oxygens (including phenoxy) is 1. The Morgan fingerprint density at radius 2 is 2.20 bits per heavy atom. The van der Waals surface area contributed by atoms with Gasteiger partial charge in [0.05, 0.1) is 12.1 Å². The molecule has 0 spiro atoms. The highest BCUT2D eigenvalue weighted by atomic mass is 16.5. The van der Waals surface area contributed by atoms with E-state index in [4.69, 9.17) is 10.5 Å². The summed E-state index contributed by atoms with van der Waals surface area (Å²) >= 11 is 0. The predicted octanol–water partition coefficient (Wildman–Crippen LogP) is 1.97. The van der Waals surface area contributed by atoms with Crippen LogP contribution in [0.25, 0.3) is 11.4 Å². The molecule has 0 saturated heterocycles. The van der Waals surface area contributed by atoms with Crippen molar-refractivity contribution in [1.82, 2.24) is 20.2 Å². The molecule has 2 atom stereocenters. The van der Waals surface area contributed by atoms with E-state index < -0.39 is 0 Å². The largest absolute Gasteiger partial charge is 0.399 e. The molecular weight excluding hydrogens is 254 g/mol. The monoisotopic (exact) mass is 273 g/mol. The molecule has 20 heavy (non-hydrogen) atoms. The normalized spacial score (nSPS) is 22.3. The van der Waals surface area contributed by atoms with Crippen molar-refractivity contribution < 1.29 is 4.74 Å². The quantitative estimate of drug-likeness (QED) is 0.865. The smallest absolute Gasteiger partial charge is 0.182 e. The van der Waals surface area contributed by atoms with Crippen molar-refractivity contribution in [3.63, 3.8) is 0 Å². The third kappa shape index (κ3) is 2.16. The van der Waals surface area contributed by atoms with E-state index in [0.717, 1.165) is 41.9 Å². The third-order valence-electron chi connectivity index (χ3n) is 4.02. The maximum absolute atomic E-state index is 5.81. The lowest BCUT2D eigenvalue weighted by molar-refractivity contribution is 0.0708. The van der Waals surface area contributed by atoms with Crippen molar-refractivity contribution in [3.8, 4) is 11.4 Å². The van der Waals surface area contributed by atoms with E-state index in [1.54, 1.807) is 7.11 Å². The van der Waals surface area contributed by atoms with Crippen LogP contribution in [0.1, 0.15) is 30.9 Å². The fraction of sp³-hybridized carbons (Fsp3) is 0.500. The number of hydrogen-bond acceptors (Lipinski definition) is 5. The molecule has 1 saturated carbocycles. The third-order valence-corrected chi connectivity index (χ3v) is 4.02. The Labute approximate surface area is 117 Å². The summed E-state index contributed by atoms with van der Waals surface area (Å²) in [5.74, 6) is 0.788. The minimum Gasteiger partial charge on any atom is -0.399 e. The Balaban J connectivity index is 2.01. The van der Waals surface area contributed by atoms with Gasteiger partial charge in [0.2, 0.25) is 0 Å². The summed E-state index contributed by atoms with van der Waals surface area (Å²) in [6, 6.07) is 6.01. The molecule has 6 nitrogen and oxygen atoms in total. The van der Waals surface area contributed by atoms with E-state index in [1.807, 2.05) is 29.8 Å². The molecule has 3 rings (SSSR count). The highest BCUT2D eigenvalue weighted by molar-refractivity contribution is 5.63. The molecule has 0 bridgehead atoms. The number of aromatic nitrogens is 4. The zero-order valence-electron chi connectivity index (χ0n) is 11.8. The Bertz CT molecular complexity index is 609. The summed E-state index contributed by atoms with van der Waals surface area (Å²) in [7, 11) is 1.75. The SMILES string of the molecule is COC1CCCC1n1nnnc1-c1ccc(N)cc1C. The highest BCUT2D eigenvalue weighted by Gasteiger charge is 2.32. The van der Waals surface area contributed by atoms with Gasteiger partial charge in [-0.1, -0.05) is 0 Å². The van der Waals surface area contributed by atoms with Crippen molar-refractivity contribution >= 4 is 5.69 Å². The fourth-order valence-electron chi connectivity index (χ4n) is 2.99. The van der Waals surface area contributed by atoms with Gasteiger partial charge >= 0.3 is 0 Å². The Morgan fingerprint density at radius 1 is 1.35 bits per heavy atom. The molecule has 1 aliphatic rings. The number of aryl methyl sites for hydroxylation is 1. The summed E-state index contributed by atoms with van der Waals surface area (Å²) in [5, 5.41) is 12.2. The van der Waals surface area contributed by atoms with Crippen LogP contribution in [0.4, 0.5) is 5.69 Å². The molecule has 0 amide bonds. The number of methoxy groups -OCH3 is 1. The van der Waals surface area contributed by atoms with E-state index in [1.165, 1.54) is 0 Å². The topological polar surface area (TPSA) is 78.8 Å². The molecular formula is C14H19N5O. The van der Waals surface area contributed by atoms with Crippen LogP contribution in [0.3, 0.4) is 0 Å². The van der Waals surface area contributed by atoms with Gasteiger partial charge in [0.25, 0.3) is 0 Å². The van der Waals surface area contributed by atoms with Gasteiger partial charge in [-0.3, -0.25) is 0 Å². The predicted molar refractivity (Wildman–Crippen MR) is 76.1 cm³/mol. The van der Waals surface area contributed by atoms with Crippen LogP contribution < -0.4 is 5.73 Å². The molecule has 1 aromatic carbocycles. The molecule has 2 N–H and O–H groups in total. The first-order valence-corrected chi connectivity index (χ1v) is 6.88. The number of benzene rings is 1. The van der Waals surface area contributed by atoms with Crippen LogP contribution in [0.5, 0.6) is 0 Å². The number of nitrogens with zero attached hydrogens (tertiary/aromatic N) is 4. The first-order valence-electron chi connectivity index (χ1n) is 6.88. The molecule has 0 aliphatic heterocycles. The summed E-state index contributed by atoms with van der Waals surface area (Å²) in [4.78, 5) is 0. The lowest BCUT2D eigenvalue weighted by atomic mass is 10.1. The summed E-state index contributed by atoms with van der Waals surface area (Å²) in [6.07, 6.45) is 3.43. The van der Waals surface area contributed by atoms with E-state index in [2.05, 4.69) is 15.5 Å². The lowest BCUT2D eigenvalue weighted by Gasteiger charge is -2.19. The highest BCUT2D eigenvalue weighted by Crippen LogP contribution is 2.34. The molecule has 106 valence electrons. The zero-order valence-corrected chi connectivity index (χ0v) is 11.8. The number of hydrogen-bond donors (Lipinski definition) is 1. The van der Waals surface area contributed by atoms with E-state index >= 15 is 0 Å².